The van der Waals surface area contributed by atoms with Gasteiger partial charge in [0.15, 0.2) is 0 Å². The van der Waals surface area contributed by atoms with E-state index in [9.17, 15) is 0 Å². The van der Waals surface area contributed by atoms with Gasteiger partial charge in [-0.1, -0.05) is 18.2 Å². The van der Waals surface area contributed by atoms with Crippen LogP contribution in [0.15, 0.2) is 60.8 Å². The molecule has 0 aliphatic heterocycles. The quantitative estimate of drug-likeness (QED) is 0.693. The first kappa shape index (κ1) is 13.2. The molecular weight excluding hydrogens is 258 g/mol. The molecule has 0 saturated heterocycles. The SMILES string of the molecule is Cl.Nc1c(Nc2ccccc2)ccc2ncccc12. The average Bonchev–Trinajstić information content (AvgIpc) is 2.43. The largest absolute Gasteiger partial charge is 0.396 e. The normalized spacial score (nSPS) is 9.89. The van der Waals surface area contributed by atoms with Crippen LogP contribution < -0.4 is 11.1 Å². The average molecular weight is 272 g/mol. The third-order valence-corrected chi connectivity index (χ3v) is 2.88. The summed E-state index contributed by atoms with van der Waals surface area (Å²) >= 11 is 0. The summed E-state index contributed by atoms with van der Waals surface area (Å²) in [5.74, 6) is 0. The van der Waals surface area contributed by atoms with Crippen LogP contribution in [0.1, 0.15) is 0 Å². The first-order chi connectivity index (χ1) is 8.84. The maximum atomic E-state index is 6.16. The molecule has 19 heavy (non-hydrogen) atoms. The number of benzene rings is 2. The van der Waals surface area contributed by atoms with Crippen molar-refractivity contribution >= 4 is 40.4 Å². The highest BCUT2D eigenvalue weighted by molar-refractivity contribution is 5.97. The number of rotatable bonds is 2. The highest BCUT2D eigenvalue weighted by atomic mass is 35.5. The van der Waals surface area contributed by atoms with E-state index in [4.69, 9.17) is 5.73 Å². The second-order valence-corrected chi connectivity index (χ2v) is 4.09. The maximum Gasteiger partial charge on any atom is 0.0724 e. The molecule has 3 rings (SSSR count). The van der Waals surface area contributed by atoms with Crippen molar-refractivity contribution in [3.05, 3.63) is 60.8 Å². The topological polar surface area (TPSA) is 50.9 Å². The minimum atomic E-state index is 0. The monoisotopic (exact) mass is 271 g/mol. The highest BCUT2D eigenvalue weighted by Gasteiger charge is 2.04. The number of hydrogen-bond donors (Lipinski definition) is 2. The van der Waals surface area contributed by atoms with Crippen LogP contribution in [0.4, 0.5) is 17.1 Å². The first-order valence-electron chi connectivity index (χ1n) is 5.80. The van der Waals surface area contributed by atoms with Crippen LogP contribution in [0.3, 0.4) is 0 Å². The number of nitrogens with two attached hydrogens (primary N) is 1. The molecule has 96 valence electrons. The summed E-state index contributed by atoms with van der Waals surface area (Å²) in [5, 5.41) is 4.28. The predicted molar refractivity (Wildman–Crippen MR) is 83.1 cm³/mol. The molecule has 0 radical (unpaired) electrons. The molecule has 3 N–H and O–H groups in total. The number of nitrogens with zero attached hydrogens (tertiary/aromatic N) is 1. The van der Waals surface area contributed by atoms with Gasteiger partial charge in [-0.3, -0.25) is 4.98 Å². The fourth-order valence-corrected chi connectivity index (χ4v) is 1.96. The van der Waals surface area contributed by atoms with Crippen molar-refractivity contribution in [3.8, 4) is 0 Å². The molecule has 0 aliphatic carbocycles. The molecule has 0 spiro atoms. The van der Waals surface area contributed by atoms with Gasteiger partial charge in [-0.05, 0) is 36.4 Å². The van der Waals surface area contributed by atoms with E-state index >= 15 is 0 Å². The molecule has 0 atom stereocenters. The van der Waals surface area contributed by atoms with E-state index < -0.39 is 0 Å². The Balaban J connectivity index is 0.00000133. The fraction of sp³-hybridized carbons (Fsp3) is 0. The van der Waals surface area contributed by atoms with E-state index in [0.29, 0.717) is 0 Å². The van der Waals surface area contributed by atoms with Crippen LogP contribution in [-0.4, -0.2) is 4.98 Å². The fourth-order valence-electron chi connectivity index (χ4n) is 1.96. The van der Waals surface area contributed by atoms with Crippen molar-refractivity contribution < 1.29 is 0 Å². The molecular formula is C15H14ClN3. The number of halogens is 1. The molecule has 0 amide bonds. The lowest BCUT2D eigenvalue weighted by atomic mass is 10.1. The van der Waals surface area contributed by atoms with Crippen molar-refractivity contribution in [1.29, 1.82) is 0 Å². The van der Waals surface area contributed by atoms with Gasteiger partial charge in [0.05, 0.1) is 16.9 Å². The van der Waals surface area contributed by atoms with Crippen LogP contribution >= 0.6 is 12.4 Å². The Bertz CT molecular complexity index is 683. The molecule has 1 aromatic heterocycles. The van der Waals surface area contributed by atoms with Crippen molar-refractivity contribution in [3.63, 3.8) is 0 Å². The number of nitrogens with one attached hydrogen (secondary N) is 1. The lowest BCUT2D eigenvalue weighted by Gasteiger charge is -2.11. The van der Waals surface area contributed by atoms with Gasteiger partial charge < -0.3 is 11.1 Å². The zero-order valence-electron chi connectivity index (χ0n) is 10.2. The summed E-state index contributed by atoms with van der Waals surface area (Å²) in [7, 11) is 0. The molecule has 1 heterocycles. The zero-order valence-corrected chi connectivity index (χ0v) is 11.0. The molecule has 0 saturated carbocycles. The summed E-state index contributed by atoms with van der Waals surface area (Å²) in [4.78, 5) is 4.28. The Morgan fingerprint density at radius 1 is 0.895 bits per heavy atom. The van der Waals surface area contributed by atoms with Gasteiger partial charge in [0, 0.05) is 17.3 Å². The summed E-state index contributed by atoms with van der Waals surface area (Å²) in [6.07, 6.45) is 1.77. The van der Waals surface area contributed by atoms with Crippen molar-refractivity contribution in [2.75, 3.05) is 11.1 Å². The van der Waals surface area contributed by atoms with Gasteiger partial charge in [-0.2, -0.15) is 0 Å². The summed E-state index contributed by atoms with van der Waals surface area (Å²) in [5.41, 5.74) is 9.73. The van der Waals surface area contributed by atoms with E-state index in [-0.39, 0.29) is 12.4 Å². The van der Waals surface area contributed by atoms with Crippen LogP contribution in [-0.2, 0) is 0 Å². The van der Waals surface area contributed by atoms with Crippen LogP contribution in [0.2, 0.25) is 0 Å². The van der Waals surface area contributed by atoms with Gasteiger partial charge in [0.1, 0.15) is 0 Å². The molecule has 4 heteroatoms. The Morgan fingerprint density at radius 2 is 1.68 bits per heavy atom. The first-order valence-corrected chi connectivity index (χ1v) is 5.80. The smallest absolute Gasteiger partial charge is 0.0724 e. The number of aromatic nitrogens is 1. The Hall–Kier alpha value is -2.26. The molecule has 2 aromatic carbocycles. The van der Waals surface area contributed by atoms with Crippen LogP contribution in [0.25, 0.3) is 10.9 Å². The van der Waals surface area contributed by atoms with Crippen molar-refractivity contribution in [2.24, 2.45) is 0 Å². The van der Waals surface area contributed by atoms with Gasteiger partial charge in [-0.15, -0.1) is 12.4 Å². The number of fused-ring (bicyclic) bond motifs is 1. The Kier molecular flexibility index (Phi) is 3.88. The Labute approximate surface area is 117 Å². The number of para-hydroxylation sites is 1. The third kappa shape index (κ3) is 2.61. The molecule has 0 unspecified atom stereocenters. The van der Waals surface area contributed by atoms with Crippen molar-refractivity contribution in [1.82, 2.24) is 4.98 Å². The van der Waals surface area contributed by atoms with Gasteiger partial charge in [-0.25, -0.2) is 0 Å². The molecule has 0 bridgehead atoms. The minimum absolute atomic E-state index is 0. The number of pyridine rings is 1. The van der Waals surface area contributed by atoms with Crippen LogP contribution in [0.5, 0.6) is 0 Å². The minimum Gasteiger partial charge on any atom is -0.396 e. The van der Waals surface area contributed by atoms with E-state index in [1.165, 1.54) is 0 Å². The molecule has 3 nitrogen and oxygen atoms in total. The number of nitrogen functional groups attached to an aromatic ring is 1. The van der Waals surface area contributed by atoms with Gasteiger partial charge in [0.2, 0.25) is 0 Å². The predicted octanol–water partition coefficient (Wildman–Crippen LogP) is 3.98. The standard InChI is InChI=1S/C15H13N3.ClH/c16-15-12-7-4-10-17-13(12)8-9-14(15)18-11-5-2-1-3-6-11;/h1-10,18H,16H2;1H. The zero-order chi connectivity index (χ0) is 12.4. The van der Waals surface area contributed by atoms with Gasteiger partial charge in [0.25, 0.3) is 0 Å². The van der Waals surface area contributed by atoms with E-state index in [0.717, 1.165) is 28.0 Å². The summed E-state index contributed by atoms with van der Waals surface area (Å²) in [6.45, 7) is 0. The lowest BCUT2D eigenvalue weighted by molar-refractivity contribution is 1.41. The molecule has 3 aromatic rings. The molecule has 0 aliphatic rings. The van der Waals surface area contributed by atoms with Gasteiger partial charge >= 0.3 is 0 Å². The summed E-state index contributed by atoms with van der Waals surface area (Å²) < 4.78 is 0. The second kappa shape index (κ2) is 5.59. The summed E-state index contributed by atoms with van der Waals surface area (Å²) in [6, 6.07) is 17.8. The lowest BCUT2D eigenvalue weighted by Crippen LogP contribution is -1.97. The van der Waals surface area contributed by atoms with Crippen LogP contribution in [0, 0.1) is 0 Å². The number of hydrogen-bond acceptors (Lipinski definition) is 3. The van der Waals surface area contributed by atoms with E-state index in [2.05, 4.69) is 10.3 Å². The van der Waals surface area contributed by atoms with Crippen molar-refractivity contribution in [2.45, 2.75) is 0 Å². The maximum absolute atomic E-state index is 6.16. The third-order valence-electron chi connectivity index (χ3n) is 2.88. The van der Waals surface area contributed by atoms with E-state index in [1.54, 1.807) is 6.20 Å². The molecule has 0 fully saturated rings. The van der Waals surface area contributed by atoms with E-state index in [1.807, 2.05) is 54.6 Å². The second-order valence-electron chi connectivity index (χ2n) is 4.09. The number of anilines is 3. The Morgan fingerprint density at radius 3 is 2.47 bits per heavy atom. The highest BCUT2D eigenvalue weighted by Crippen LogP contribution is 2.29.